The minimum atomic E-state index is 0.131. The van der Waals surface area contributed by atoms with E-state index in [1.54, 1.807) is 0 Å². The van der Waals surface area contributed by atoms with E-state index in [0.29, 0.717) is 18.5 Å². The van der Waals surface area contributed by atoms with Gasteiger partial charge < -0.3 is 10.6 Å². The van der Waals surface area contributed by atoms with Gasteiger partial charge in [0.05, 0.1) is 6.54 Å². The molecule has 0 spiro atoms. The number of carbonyl (C=O) groups is 1. The molecule has 1 unspecified atom stereocenters. The lowest BCUT2D eigenvalue weighted by Crippen LogP contribution is -2.44. The van der Waals surface area contributed by atoms with Gasteiger partial charge in [-0.1, -0.05) is 33.1 Å². The summed E-state index contributed by atoms with van der Waals surface area (Å²) < 4.78 is 0. The molecule has 0 heterocycles. The third-order valence-corrected chi connectivity index (χ3v) is 3.55. The van der Waals surface area contributed by atoms with Gasteiger partial charge in [0.25, 0.3) is 0 Å². The van der Waals surface area contributed by atoms with E-state index in [-0.39, 0.29) is 11.9 Å². The van der Waals surface area contributed by atoms with Crippen LogP contribution in [-0.4, -0.2) is 24.5 Å². The summed E-state index contributed by atoms with van der Waals surface area (Å²) in [4.78, 5) is 11.6. The van der Waals surface area contributed by atoms with E-state index >= 15 is 0 Å². The lowest BCUT2D eigenvalue weighted by Gasteiger charge is -2.23. The van der Waals surface area contributed by atoms with Crippen molar-refractivity contribution in [2.24, 2.45) is 5.92 Å². The maximum absolute atomic E-state index is 11.6. The number of carbonyl (C=O) groups excluding carboxylic acids is 1. The Kier molecular flexibility index (Phi) is 5.81. The molecule has 94 valence electrons. The quantitative estimate of drug-likeness (QED) is 0.753. The third-order valence-electron chi connectivity index (χ3n) is 3.55. The highest BCUT2D eigenvalue weighted by Crippen LogP contribution is 2.16. The highest BCUT2D eigenvalue weighted by Gasteiger charge is 2.15. The molecule has 1 atom stereocenters. The highest BCUT2D eigenvalue weighted by molar-refractivity contribution is 5.78. The first kappa shape index (κ1) is 13.5. The van der Waals surface area contributed by atoms with Gasteiger partial charge in [-0.05, 0) is 25.7 Å². The Balaban J connectivity index is 2.14. The first-order chi connectivity index (χ1) is 7.59. The van der Waals surface area contributed by atoms with Gasteiger partial charge in [-0.2, -0.15) is 0 Å². The molecule has 0 bridgehead atoms. The van der Waals surface area contributed by atoms with Crippen LogP contribution in [0.5, 0.6) is 0 Å². The number of rotatable bonds is 5. The number of nitrogens with one attached hydrogen (secondary N) is 2. The molecule has 0 aromatic rings. The Morgan fingerprint density at radius 3 is 2.38 bits per heavy atom. The summed E-state index contributed by atoms with van der Waals surface area (Å²) in [5.41, 5.74) is 0. The van der Waals surface area contributed by atoms with Gasteiger partial charge in [0.1, 0.15) is 0 Å². The van der Waals surface area contributed by atoms with E-state index in [0.717, 1.165) is 0 Å². The summed E-state index contributed by atoms with van der Waals surface area (Å²) in [7, 11) is 0. The molecule has 1 fully saturated rings. The van der Waals surface area contributed by atoms with Crippen molar-refractivity contribution in [1.29, 1.82) is 0 Å². The first-order valence-electron chi connectivity index (χ1n) is 6.62. The van der Waals surface area contributed by atoms with Gasteiger partial charge >= 0.3 is 0 Å². The molecular formula is C13H26N2O. The zero-order chi connectivity index (χ0) is 12.0. The molecule has 1 saturated carbocycles. The van der Waals surface area contributed by atoms with E-state index in [2.05, 4.69) is 31.4 Å². The van der Waals surface area contributed by atoms with Crippen LogP contribution in [0.4, 0.5) is 0 Å². The molecule has 3 heteroatoms. The SMILES string of the molecule is CC(C)C(C)NC(=O)CNC1CCCCC1. The smallest absolute Gasteiger partial charge is 0.234 e. The first-order valence-corrected chi connectivity index (χ1v) is 6.62. The zero-order valence-electron chi connectivity index (χ0n) is 10.9. The molecule has 0 aromatic carbocycles. The predicted molar refractivity (Wildman–Crippen MR) is 67.3 cm³/mol. The van der Waals surface area contributed by atoms with Crippen molar-refractivity contribution in [3.05, 3.63) is 0 Å². The molecule has 0 saturated heterocycles. The highest BCUT2D eigenvalue weighted by atomic mass is 16.1. The van der Waals surface area contributed by atoms with Crippen LogP contribution in [0.3, 0.4) is 0 Å². The molecule has 0 radical (unpaired) electrons. The second-order valence-corrected chi connectivity index (χ2v) is 5.32. The Labute approximate surface area is 99.4 Å². The Morgan fingerprint density at radius 1 is 1.19 bits per heavy atom. The lowest BCUT2D eigenvalue weighted by atomic mass is 9.95. The van der Waals surface area contributed by atoms with E-state index in [1.165, 1.54) is 32.1 Å². The van der Waals surface area contributed by atoms with Crippen molar-refractivity contribution in [1.82, 2.24) is 10.6 Å². The molecule has 16 heavy (non-hydrogen) atoms. The molecule has 0 aromatic heterocycles. The van der Waals surface area contributed by atoms with Crippen LogP contribution in [-0.2, 0) is 4.79 Å². The largest absolute Gasteiger partial charge is 0.352 e. The molecule has 0 aliphatic heterocycles. The maximum Gasteiger partial charge on any atom is 0.234 e. The fourth-order valence-electron chi connectivity index (χ4n) is 2.02. The van der Waals surface area contributed by atoms with Gasteiger partial charge in [0.15, 0.2) is 0 Å². The Bertz CT molecular complexity index is 210. The average molecular weight is 226 g/mol. The summed E-state index contributed by atoms with van der Waals surface area (Å²) in [6.07, 6.45) is 6.43. The van der Waals surface area contributed by atoms with Gasteiger partial charge in [-0.3, -0.25) is 4.79 Å². The Morgan fingerprint density at radius 2 is 1.81 bits per heavy atom. The fraction of sp³-hybridized carbons (Fsp3) is 0.923. The Hall–Kier alpha value is -0.570. The lowest BCUT2D eigenvalue weighted by molar-refractivity contribution is -0.121. The number of amides is 1. The summed E-state index contributed by atoms with van der Waals surface area (Å²) in [6, 6.07) is 0.828. The zero-order valence-corrected chi connectivity index (χ0v) is 10.9. The van der Waals surface area contributed by atoms with Crippen molar-refractivity contribution < 1.29 is 4.79 Å². The molecule has 1 rings (SSSR count). The molecule has 2 N–H and O–H groups in total. The minimum Gasteiger partial charge on any atom is -0.352 e. The van der Waals surface area contributed by atoms with E-state index in [1.807, 2.05) is 0 Å². The summed E-state index contributed by atoms with van der Waals surface area (Å²) >= 11 is 0. The molecule has 1 aliphatic carbocycles. The average Bonchev–Trinajstić information content (AvgIpc) is 2.27. The number of hydrogen-bond acceptors (Lipinski definition) is 2. The van der Waals surface area contributed by atoms with Crippen LogP contribution in [0.25, 0.3) is 0 Å². The van der Waals surface area contributed by atoms with Gasteiger partial charge in [0.2, 0.25) is 5.91 Å². The number of hydrogen-bond donors (Lipinski definition) is 2. The van der Waals surface area contributed by atoms with Crippen LogP contribution in [0.1, 0.15) is 52.9 Å². The van der Waals surface area contributed by atoms with Crippen molar-refractivity contribution >= 4 is 5.91 Å². The molecule has 1 amide bonds. The van der Waals surface area contributed by atoms with E-state index in [4.69, 9.17) is 0 Å². The van der Waals surface area contributed by atoms with Crippen molar-refractivity contribution in [3.63, 3.8) is 0 Å². The van der Waals surface area contributed by atoms with Crippen LogP contribution >= 0.6 is 0 Å². The van der Waals surface area contributed by atoms with Crippen LogP contribution in [0.2, 0.25) is 0 Å². The van der Waals surface area contributed by atoms with Crippen molar-refractivity contribution in [2.75, 3.05) is 6.54 Å². The topological polar surface area (TPSA) is 41.1 Å². The predicted octanol–water partition coefficient (Wildman–Crippen LogP) is 2.07. The van der Waals surface area contributed by atoms with Gasteiger partial charge in [0, 0.05) is 12.1 Å². The molecular weight excluding hydrogens is 200 g/mol. The maximum atomic E-state index is 11.6. The van der Waals surface area contributed by atoms with Crippen LogP contribution in [0.15, 0.2) is 0 Å². The minimum absolute atomic E-state index is 0.131. The summed E-state index contributed by atoms with van der Waals surface area (Å²) in [6.45, 7) is 6.78. The second kappa shape index (κ2) is 6.89. The summed E-state index contributed by atoms with van der Waals surface area (Å²) in [5.74, 6) is 0.630. The van der Waals surface area contributed by atoms with E-state index < -0.39 is 0 Å². The third kappa shape index (κ3) is 4.97. The van der Waals surface area contributed by atoms with Crippen LogP contribution in [0, 0.1) is 5.92 Å². The second-order valence-electron chi connectivity index (χ2n) is 5.32. The fourth-order valence-corrected chi connectivity index (χ4v) is 2.02. The monoisotopic (exact) mass is 226 g/mol. The van der Waals surface area contributed by atoms with E-state index in [9.17, 15) is 4.79 Å². The van der Waals surface area contributed by atoms with Crippen molar-refractivity contribution in [3.8, 4) is 0 Å². The molecule has 1 aliphatic rings. The molecule has 3 nitrogen and oxygen atoms in total. The van der Waals surface area contributed by atoms with Crippen molar-refractivity contribution in [2.45, 2.75) is 65.0 Å². The van der Waals surface area contributed by atoms with Gasteiger partial charge in [-0.25, -0.2) is 0 Å². The van der Waals surface area contributed by atoms with Crippen LogP contribution < -0.4 is 10.6 Å². The summed E-state index contributed by atoms with van der Waals surface area (Å²) in [5, 5.41) is 6.37. The van der Waals surface area contributed by atoms with Gasteiger partial charge in [-0.15, -0.1) is 0 Å². The normalized spacial score (nSPS) is 19.8. The standard InChI is InChI=1S/C13H26N2O/c1-10(2)11(3)15-13(16)9-14-12-7-5-4-6-8-12/h10-12,14H,4-9H2,1-3H3,(H,15,16).